The Labute approximate surface area is 105 Å². The number of halogens is 1. The first-order valence-corrected chi connectivity index (χ1v) is 7.40. The van der Waals surface area contributed by atoms with Crippen LogP contribution < -0.4 is 0 Å². The highest BCUT2D eigenvalue weighted by Crippen LogP contribution is 2.15. The molecule has 4 nitrogen and oxygen atoms in total. The summed E-state index contributed by atoms with van der Waals surface area (Å²) < 4.78 is 36.9. The molecule has 0 N–H and O–H groups in total. The van der Waals surface area contributed by atoms with Crippen molar-refractivity contribution in [3.8, 4) is 0 Å². The Morgan fingerprint density at radius 3 is 2.56 bits per heavy atom. The summed E-state index contributed by atoms with van der Waals surface area (Å²) in [7, 11) is -3.75. The van der Waals surface area contributed by atoms with Gasteiger partial charge in [-0.2, -0.15) is 0 Å². The lowest BCUT2D eigenvalue weighted by molar-refractivity contribution is -0.127. The van der Waals surface area contributed by atoms with E-state index in [4.69, 9.17) is 0 Å². The molecule has 0 radical (unpaired) electrons. The molecule has 1 amide bonds. The maximum absolute atomic E-state index is 13.0. The van der Waals surface area contributed by atoms with Gasteiger partial charge in [0.05, 0.1) is 4.90 Å². The fourth-order valence-corrected chi connectivity index (χ4v) is 3.22. The first-order valence-electron chi connectivity index (χ1n) is 5.75. The van der Waals surface area contributed by atoms with Gasteiger partial charge in [0.1, 0.15) is 11.6 Å². The molecular weight excluding hydrogens is 257 g/mol. The quantitative estimate of drug-likeness (QED) is 0.830. The highest BCUT2D eigenvalue weighted by Gasteiger charge is 2.25. The van der Waals surface area contributed by atoms with E-state index in [1.807, 2.05) is 0 Å². The highest BCUT2D eigenvalue weighted by molar-refractivity contribution is 7.92. The third-order valence-electron chi connectivity index (χ3n) is 2.93. The largest absolute Gasteiger partial charge is 0.342 e. The Morgan fingerprint density at radius 2 is 1.94 bits per heavy atom. The van der Waals surface area contributed by atoms with Crippen LogP contribution in [0, 0.1) is 5.82 Å². The normalized spacial score (nSPS) is 15.9. The summed E-state index contributed by atoms with van der Waals surface area (Å²) in [5.41, 5.74) is 0. The van der Waals surface area contributed by atoms with Crippen LogP contribution in [0.4, 0.5) is 4.39 Å². The lowest BCUT2D eigenvalue weighted by Gasteiger charge is -2.15. The van der Waals surface area contributed by atoms with Gasteiger partial charge in [-0.1, -0.05) is 6.07 Å². The second-order valence-corrected chi connectivity index (χ2v) is 6.29. The molecule has 0 atom stereocenters. The molecule has 0 aliphatic carbocycles. The smallest absolute Gasteiger partial charge is 0.238 e. The molecule has 0 bridgehead atoms. The topological polar surface area (TPSA) is 54.5 Å². The van der Waals surface area contributed by atoms with Gasteiger partial charge in [0, 0.05) is 13.1 Å². The van der Waals surface area contributed by atoms with Crippen molar-refractivity contribution in [2.24, 2.45) is 0 Å². The molecule has 0 saturated carbocycles. The van der Waals surface area contributed by atoms with E-state index in [2.05, 4.69) is 0 Å². The number of rotatable bonds is 3. The summed E-state index contributed by atoms with van der Waals surface area (Å²) >= 11 is 0. The Morgan fingerprint density at radius 1 is 1.28 bits per heavy atom. The number of likely N-dealkylation sites (tertiary alicyclic amines) is 1. The minimum atomic E-state index is -3.75. The number of sulfone groups is 1. The van der Waals surface area contributed by atoms with Crippen LogP contribution in [0.1, 0.15) is 12.8 Å². The fraction of sp³-hybridized carbons (Fsp3) is 0.417. The van der Waals surface area contributed by atoms with Gasteiger partial charge in [-0.3, -0.25) is 4.79 Å². The van der Waals surface area contributed by atoms with E-state index in [9.17, 15) is 17.6 Å². The van der Waals surface area contributed by atoms with Crippen molar-refractivity contribution in [2.45, 2.75) is 17.7 Å². The molecule has 1 saturated heterocycles. The number of benzene rings is 1. The Bertz CT molecular complexity index is 550. The molecule has 0 unspecified atom stereocenters. The van der Waals surface area contributed by atoms with Crippen LogP contribution in [0.3, 0.4) is 0 Å². The highest BCUT2D eigenvalue weighted by atomic mass is 32.2. The second-order valence-electron chi connectivity index (χ2n) is 4.30. The molecule has 1 fully saturated rings. The molecule has 1 aliphatic rings. The van der Waals surface area contributed by atoms with Gasteiger partial charge in [0.2, 0.25) is 5.91 Å². The van der Waals surface area contributed by atoms with Crippen LogP contribution in [0.25, 0.3) is 0 Å². The van der Waals surface area contributed by atoms with Gasteiger partial charge in [-0.15, -0.1) is 0 Å². The molecule has 1 aromatic carbocycles. The Kier molecular flexibility index (Phi) is 3.65. The molecule has 2 rings (SSSR count). The van der Waals surface area contributed by atoms with E-state index in [0.717, 1.165) is 18.9 Å². The van der Waals surface area contributed by atoms with E-state index in [0.29, 0.717) is 13.1 Å². The van der Waals surface area contributed by atoms with Crippen LogP contribution in [-0.2, 0) is 14.6 Å². The summed E-state index contributed by atoms with van der Waals surface area (Å²) in [5.74, 6) is -1.61. The third kappa shape index (κ3) is 2.87. The molecule has 18 heavy (non-hydrogen) atoms. The number of carbonyl (C=O) groups is 1. The average molecular weight is 271 g/mol. The molecular formula is C12H14FNO3S. The number of nitrogens with zero attached hydrogens (tertiary/aromatic N) is 1. The number of hydrogen-bond acceptors (Lipinski definition) is 3. The molecule has 0 spiro atoms. The van der Waals surface area contributed by atoms with Crippen LogP contribution in [0.5, 0.6) is 0 Å². The molecule has 98 valence electrons. The van der Waals surface area contributed by atoms with E-state index in [1.165, 1.54) is 23.1 Å². The van der Waals surface area contributed by atoms with Gasteiger partial charge in [0.25, 0.3) is 0 Å². The van der Waals surface area contributed by atoms with E-state index in [-0.39, 0.29) is 4.90 Å². The van der Waals surface area contributed by atoms with Gasteiger partial charge >= 0.3 is 0 Å². The van der Waals surface area contributed by atoms with Crippen LogP contribution in [-0.4, -0.2) is 38.1 Å². The second kappa shape index (κ2) is 5.06. The Hall–Kier alpha value is -1.43. The standard InChI is InChI=1S/C12H14FNO3S/c13-10-4-3-5-11(8-10)18(16,17)9-12(15)14-6-1-2-7-14/h3-5,8H,1-2,6-7,9H2. The van der Waals surface area contributed by atoms with Crippen molar-refractivity contribution in [1.82, 2.24) is 4.90 Å². The van der Waals surface area contributed by atoms with E-state index < -0.39 is 27.3 Å². The van der Waals surface area contributed by atoms with Gasteiger partial charge in [-0.05, 0) is 31.0 Å². The number of carbonyl (C=O) groups excluding carboxylic acids is 1. The maximum atomic E-state index is 13.0. The maximum Gasteiger partial charge on any atom is 0.238 e. The Balaban J connectivity index is 2.14. The zero-order valence-electron chi connectivity index (χ0n) is 9.80. The monoisotopic (exact) mass is 271 g/mol. The summed E-state index contributed by atoms with van der Waals surface area (Å²) in [6.07, 6.45) is 1.82. The van der Waals surface area contributed by atoms with Gasteiger partial charge in [0.15, 0.2) is 9.84 Å². The number of hydrogen-bond donors (Lipinski definition) is 0. The summed E-state index contributed by atoms with van der Waals surface area (Å²) in [5, 5.41) is 0. The van der Waals surface area contributed by atoms with Crippen LogP contribution in [0.15, 0.2) is 29.2 Å². The first-order chi connectivity index (χ1) is 8.49. The van der Waals surface area contributed by atoms with E-state index >= 15 is 0 Å². The lowest BCUT2D eigenvalue weighted by atomic mass is 10.4. The van der Waals surface area contributed by atoms with Gasteiger partial charge in [-0.25, -0.2) is 12.8 Å². The minimum absolute atomic E-state index is 0.143. The van der Waals surface area contributed by atoms with Crippen molar-refractivity contribution >= 4 is 15.7 Å². The van der Waals surface area contributed by atoms with Crippen molar-refractivity contribution in [3.05, 3.63) is 30.1 Å². The first kappa shape index (κ1) is 13.0. The summed E-state index contributed by atoms with van der Waals surface area (Å²) in [4.78, 5) is 13.2. The predicted octanol–water partition coefficient (Wildman–Crippen LogP) is 1.22. The SMILES string of the molecule is O=C(CS(=O)(=O)c1cccc(F)c1)N1CCCC1. The minimum Gasteiger partial charge on any atom is -0.342 e. The molecule has 1 aliphatic heterocycles. The molecule has 1 aromatic rings. The predicted molar refractivity (Wildman–Crippen MR) is 64.3 cm³/mol. The zero-order valence-corrected chi connectivity index (χ0v) is 10.6. The molecule has 6 heteroatoms. The van der Waals surface area contributed by atoms with Crippen LogP contribution in [0.2, 0.25) is 0 Å². The fourth-order valence-electron chi connectivity index (χ4n) is 1.96. The zero-order chi connectivity index (χ0) is 13.2. The van der Waals surface area contributed by atoms with E-state index in [1.54, 1.807) is 0 Å². The molecule has 0 aromatic heterocycles. The summed E-state index contributed by atoms with van der Waals surface area (Å²) in [6.45, 7) is 1.22. The van der Waals surface area contributed by atoms with Crippen molar-refractivity contribution in [2.75, 3.05) is 18.8 Å². The van der Waals surface area contributed by atoms with Crippen molar-refractivity contribution < 1.29 is 17.6 Å². The average Bonchev–Trinajstić information content (AvgIpc) is 2.82. The van der Waals surface area contributed by atoms with Crippen molar-refractivity contribution in [1.29, 1.82) is 0 Å². The van der Waals surface area contributed by atoms with Crippen LogP contribution >= 0.6 is 0 Å². The third-order valence-corrected chi connectivity index (χ3v) is 4.53. The van der Waals surface area contributed by atoms with Gasteiger partial charge < -0.3 is 4.90 Å². The lowest BCUT2D eigenvalue weighted by Crippen LogP contribution is -2.33. The molecule has 1 heterocycles. The van der Waals surface area contributed by atoms with Crippen molar-refractivity contribution in [3.63, 3.8) is 0 Å². The summed E-state index contributed by atoms with van der Waals surface area (Å²) in [6, 6.07) is 4.73. The number of amides is 1.